The lowest BCUT2D eigenvalue weighted by Crippen LogP contribution is -2.46. The van der Waals surface area contributed by atoms with Crippen LogP contribution in [0.15, 0.2) is 18.2 Å². The Morgan fingerprint density at radius 3 is 2.79 bits per heavy atom. The van der Waals surface area contributed by atoms with E-state index in [-0.39, 0.29) is 11.9 Å². The predicted molar refractivity (Wildman–Crippen MR) is 71.0 cm³/mol. The lowest BCUT2D eigenvalue weighted by atomic mass is 9.94. The molecule has 5 heteroatoms. The summed E-state index contributed by atoms with van der Waals surface area (Å²) in [7, 11) is 1.62. The molecule has 0 spiro atoms. The van der Waals surface area contributed by atoms with Gasteiger partial charge in [-0.15, -0.1) is 0 Å². The van der Waals surface area contributed by atoms with E-state index in [4.69, 9.17) is 5.11 Å². The topological polar surface area (TPSA) is 69.6 Å². The maximum Gasteiger partial charge on any atom is 0.335 e. The fourth-order valence-electron chi connectivity index (χ4n) is 2.54. The van der Waals surface area contributed by atoms with Crippen LogP contribution in [0.3, 0.4) is 0 Å². The van der Waals surface area contributed by atoms with E-state index in [2.05, 4.69) is 10.2 Å². The van der Waals surface area contributed by atoms with Crippen LogP contribution >= 0.6 is 0 Å². The van der Waals surface area contributed by atoms with Crippen molar-refractivity contribution in [3.05, 3.63) is 34.9 Å². The number of rotatable bonds is 3. The molecule has 1 unspecified atom stereocenters. The number of fused-ring (bicyclic) bond motifs is 1. The Balaban J connectivity index is 2.24. The number of nitrogens with zero attached hydrogens (tertiary/aromatic N) is 1. The van der Waals surface area contributed by atoms with E-state index in [0.29, 0.717) is 25.1 Å². The molecule has 1 atom stereocenters. The van der Waals surface area contributed by atoms with Crippen LogP contribution in [0.2, 0.25) is 0 Å². The number of carboxylic acids is 1. The third kappa shape index (κ3) is 2.61. The molecule has 1 aliphatic heterocycles. The normalized spacial score (nSPS) is 16.5. The highest BCUT2D eigenvalue weighted by molar-refractivity contribution is 5.90. The summed E-state index contributed by atoms with van der Waals surface area (Å²) in [4.78, 5) is 24.9. The highest BCUT2D eigenvalue weighted by atomic mass is 16.4. The predicted octanol–water partition coefficient (Wildman–Crippen LogP) is 0.877. The lowest BCUT2D eigenvalue weighted by Gasteiger charge is -2.33. The average molecular weight is 262 g/mol. The SMILES string of the molecule is CNC(=O)C(C)N1CCc2c(cccc2C(=O)O)C1. The molecule has 0 radical (unpaired) electrons. The third-order valence-corrected chi connectivity index (χ3v) is 3.70. The second-order valence-corrected chi connectivity index (χ2v) is 4.76. The van der Waals surface area contributed by atoms with E-state index >= 15 is 0 Å². The number of likely N-dealkylation sites (N-methyl/N-ethyl adjacent to an activating group) is 1. The Morgan fingerprint density at radius 2 is 2.16 bits per heavy atom. The molecule has 102 valence electrons. The number of hydrogen-bond donors (Lipinski definition) is 2. The number of nitrogens with one attached hydrogen (secondary N) is 1. The van der Waals surface area contributed by atoms with Crippen molar-refractivity contribution in [3.8, 4) is 0 Å². The van der Waals surface area contributed by atoms with Crippen LogP contribution in [0.5, 0.6) is 0 Å². The Kier molecular flexibility index (Phi) is 3.85. The molecular weight excluding hydrogens is 244 g/mol. The molecule has 1 aliphatic rings. The largest absolute Gasteiger partial charge is 0.478 e. The smallest absolute Gasteiger partial charge is 0.335 e. The fourth-order valence-corrected chi connectivity index (χ4v) is 2.54. The van der Waals surface area contributed by atoms with Gasteiger partial charge in [0.05, 0.1) is 11.6 Å². The quantitative estimate of drug-likeness (QED) is 0.848. The molecule has 0 aromatic heterocycles. The highest BCUT2D eigenvalue weighted by Gasteiger charge is 2.26. The Hall–Kier alpha value is -1.88. The molecule has 1 aromatic carbocycles. The van der Waals surface area contributed by atoms with Gasteiger partial charge in [0.1, 0.15) is 0 Å². The minimum atomic E-state index is -0.885. The van der Waals surface area contributed by atoms with Crippen LogP contribution in [0.1, 0.15) is 28.4 Å². The number of carbonyl (C=O) groups excluding carboxylic acids is 1. The van der Waals surface area contributed by atoms with Crippen LogP contribution in [0.25, 0.3) is 0 Å². The first-order chi connectivity index (χ1) is 9.04. The second-order valence-electron chi connectivity index (χ2n) is 4.76. The number of carbonyl (C=O) groups is 2. The molecule has 2 rings (SSSR count). The first kappa shape index (κ1) is 13.5. The van der Waals surface area contributed by atoms with Crippen LogP contribution < -0.4 is 5.32 Å². The molecule has 5 nitrogen and oxygen atoms in total. The fraction of sp³-hybridized carbons (Fsp3) is 0.429. The van der Waals surface area contributed by atoms with Crippen molar-refractivity contribution in [1.29, 1.82) is 0 Å². The summed E-state index contributed by atoms with van der Waals surface area (Å²) in [5.74, 6) is -0.900. The monoisotopic (exact) mass is 262 g/mol. The second kappa shape index (κ2) is 5.40. The summed E-state index contributed by atoms with van der Waals surface area (Å²) >= 11 is 0. The minimum absolute atomic E-state index is 0.0159. The molecule has 2 N–H and O–H groups in total. The van der Waals surface area contributed by atoms with Crippen molar-refractivity contribution in [2.75, 3.05) is 13.6 Å². The van der Waals surface area contributed by atoms with Gasteiger partial charge in [-0.2, -0.15) is 0 Å². The number of aromatic carboxylic acids is 1. The van der Waals surface area contributed by atoms with Gasteiger partial charge in [-0.3, -0.25) is 9.69 Å². The van der Waals surface area contributed by atoms with E-state index in [1.807, 2.05) is 13.0 Å². The van der Waals surface area contributed by atoms with Crippen molar-refractivity contribution in [3.63, 3.8) is 0 Å². The molecule has 0 bridgehead atoms. The maximum atomic E-state index is 11.7. The zero-order valence-electron chi connectivity index (χ0n) is 11.1. The summed E-state index contributed by atoms with van der Waals surface area (Å²) < 4.78 is 0. The highest BCUT2D eigenvalue weighted by Crippen LogP contribution is 2.23. The van der Waals surface area contributed by atoms with Crippen molar-refractivity contribution in [2.24, 2.45) is 0 Å². The van der Waals surface area contributed by atoms with E-state index < -0.39 is 5.97 Å². The summed E-state index contributed by atoms with van der Waals surface area (Å²) in [6, 6.07) is 5.13. The average Bonchev–Trinajstić information content (AvgIpc) is 2.44. The van der Waals surface area contributed by atoms with Crippen LogP contribution in [-0.4, -0.2) is 41.5 Å². The summed E-state index contributed by atoms with van der Waals surface area (Å²) in [5, 5.41) is 11.8. The van der Waals surface area contributed by atoms with Gasteiger partial charge in [-0.25, -0.2) is 4.79 Å². The van der Waals surface area contributed by atoms with Gasteiger partial charge < -0.3 is 10.4 Å². The molecule has 1 heterocycles. The van der Waals surface area contributed by atoms with Crippen molar-refractivity contribution < 1.29 is 14.7 Å². The molecule has 0 aliphatic carbocycles. The molecule has 1 amide bonds. The number of carboxylic acid groups (broad SMARTS) is 1. The number of benzene rings is 1. The van der Waals surface area contributed by atoms with Gasteiger partial charge in [0.25, 0.3) is 0 Å². The van der Waals surface area contributed by atoms with Crippen molar-refractivity contribution in [1.82, 2.24) is 10.2 Å². The third-order valence-electron chi connectivity index (χ3n) is 3.70. The Morgan fingerprint density at radius 1 is 1.42 bits per heavy atom. The first-order valence-electron chi connectivity index (χ1n) is 6.34. The van der Waals surface area contributed by atoms with Crippen molar-refractivity contribution >= 4 is 11.9 Å². The zero-order chi connectivity index (χ0) is 14.0. The van der Waals surface area contributed by atoms with Crippen LogP contribution in [0.4, 0.5) is 0 Å². The lowest BCUT2D eigenvalue weighted by molar-refractivity contribution is -0.125. The molecule has 0 fully saturated rings. The summed E-state index contributed by atoms with van der Waals surface area (Å²) in [6.07, 6.45) is 0.666. The van der Waals surface area contributed by atoms with Gasteiger partial charge in [0, 0.05) is 20.1 Å². The van der Waals surface area contributed by atoms with Gasteiger partial charge in [0.2, 0.25) is 5.91 Å². The Bertz CT molecular complexity index is 513. The van der Waals surface area contributed by atoms with Crippen LogP contribution in [-0.2, 0) is 17.8 Å². The minimum Gasteiger partial charge on any atom is -0.478 e. The van der Waals surface area contributed by atoms with Crippen molar-refractivity contribution in [2.45, 2.75) is 25.9 Å². The molecule has 0 saturated heterocycles. The van der Waals surface area contributed by atoms with E-state index in [1.54, 1.807) is 19.2 Å². The van der Waals surface area contributed by atoms with Crippen LogP contribution in [0, 0.1) is 0 Å². The van der Waals surface area contributed by atoms with Gasteiger partial charge in [-0.1, -0.05) is 12.1 Å². The molecule has 19 heavy (non-hydrogen) atoms. The molecule has 0 saturated carbocycles. The number of hydrogen-bond acceptors (Lipinski definition) is 3. The van der Waals surface area contributed by atoms with E-state index in [9.17, 15) is 9.59 Å². The standard InChI is InChI=1S/C14H18N2O3/c1-9(13(17)15-2)16-7-6-11-10(8-16)4-3-5-12(11)14(18)19/h3-5,9H,6-8H2,1-2H3,(H,15,17)(H,18,19). The maximum absolute atomic E-state index is 11.7. The number of amides is 1. The summed E-state index contributed by atoms with van der Waals surface area (Å²) in [5.41, 5.74) is 2.28. The van der Waals surface area contributed by atoms with E-state index in [1.165, 1.54) is 0 Å². The van der Waals surface area contributed by atoms with Gasteiger partial charge in [-0.05, 0) is 30.5 Å². The molecular formula is C14H18N2O3. The van der Waals surface area contributed by atoms with Gasteiger partial charge in [0.15, 0.2) is 0 Å². The summed E-state index contributed by atoms with van der Waals surface area (Å²) in [6.45, 7) is 3.18. The van der Waals surface area contributed by atoms with Gasteiger partial charge >= 0.3 is 5.97 Å². The zero-order valence-corrected chi connectivity index (χ0v) is 11.1. The Labute approximate surface area is 112 Å². The van der Waals surface area contributed by atoms with E-state index in [0.717, 1.165) is 11.1 Å². The first-order valence-corrected chi connectivity index (χ1v) is 6.34. The molecule has 1 aromatic rings.